The largest absolute Gasteiger partial charge is 0.295 e. The summed E-state index contributed by atoms with van der Waals surface area (Å²) >= 11 is 0. The Morgan fingerprint density at radius 2 is 1.93 bits per heavy atom. The predicted molar refractivity (Wildman–Crippen MR) is 51.8 cm³/mol. The zero-order chi connectivity index (χ0) is 10.1. The molecule has 1 aromatic carbocycles. The first-order chi connectivity index (χ1) is 6.70. The van der Waals surface area contributed by atoms with E-state index < -0.39 is 4.92 Å². The van der Waals surface area contributed by atoms with Crippen LogP contribution >= 0.6 is 0 Å². The maximum Gasteiger partial charge on any atom is 0.295 e. The fraction of sp³-hybridized carbons (Fsp3) is 0. The molecule has 2 aromatic rings. The van der Waals surface area contributed by atoms with Crippen LogP contribution in [0.2, 0.25) is 0 Å². The number of hydrogen-bond acceptors (Lipinski definition) is 3. The maximum absolute atomic E-state index is 10.7. The normalized spacial score (nSPS) is 10.4. The van der Waals surface area contributed by atoms with Crippen LogP contribution in [0, 0.1) is 17.0 Å². The van der Waals surface area contributed by atoms with Gasteiger partial charge in [-0.15, -0.1) is 0 Å². The van der Waals surface area contributed by atoms with Gasteiger partial charge in [0.2, 0.25) is 0 Å². The molecule has 0 bridgehead atoms. The van der Waals surface area contributed by atoms with Gasteiger partial charge in [0.25, 0.3) is 5.69 Å². The van der Waals surface area contributed by atoms with Gasteiger partial charge in [-0.05, 0) is 6.07 Å². The molecule has 0 aliphatic heterocycles. The van der Waals surface area contributed by atoms with E-state index in [-0.39, 0.29) is 5.69 Å². The highest BCUT2D eigenvalue weighted by molar-refractivity contribution is 5.92. The Hall–Kier alpha value is -1.97. The van der Waals surface area contributed by atoms with Gasteiger partial charge in [-0.1, -0.05) is 18.2 Å². The van der Waals surface area contributed by atoms with E-state index in [0.29, 0.717) is 16.5 Å². The molecule has 0 aliphatic carbocycles. The average Bonchev–Trinajstić information content (AvgIpc) is 2.18. The molecule has 1 aromatic heterocycles. The highest BCUT2D eigenvalue weighted by atomic mass is 16.6. The monoisotopic (exact) mass is 186 g/mol. The van der Waals surface area contributed by atoms with Crippen molar-refractivity contribution in [1.82, 2.24) is 4.98 Å². The van der Waals surface area contributed by atoms with Crippen LogP contribution < -0.4 is 0 Å². The quantitative estimate of drug-likeness (QED) is 0.506. The molecule has 0 aliphatic rings. The first-order valence-electron chi connectivity index (χ1n) is 3.98. The fourth-order valence-corrected chi connectivity index (χ4v) is 1.35. The standard InChI is InChI=1S/C10H6N2O2/c1-7-8-4-2-3-5-9(8)10(6-11-7)12(13)14/h1-6H. The maximum atomic E-state index is 10.7. The van der Waals surface area contributed by atoms with Crippen molar-refractivity contribution in [3.05, 3.63) is 53.2 Å². The summed E-state index contributed by atoms with van der Waals surface area (Å²) in [6.07, 6.45) is 1.18. The van der Waals surface area contributed by atoms with Crippen molar-refractivity contribution in [3.8, 4) is 0 Å². The average molecular weight is 186 g/mol. The number of pyridine rings is 1. The van der Waals surface area contributed by atoms with Gasteiger partial charge in [-0.2, -0.15) is 0 Å². The van der Waals surface area contributed by atoms with E-state index in [1.807, 2.05) is 0 Å². The summed E-state index contributed by atoms with van der Waals surface area (Å²) in [7, 11) is 0. The molecule has 0 atom stereocenters. The molecule has 0 unspecified atom stereocenters. The third kappa shape index (κ3) is 1.21. The van der Waals surface area contributed by atoms with Crippen LogP contribution in [-0.2, 0) is 0 Å². The minimum atomic E-state index is -0.464. The van der Waals surface area contributed by atoms with Gasteiger partial charge in [0.1, 0.15) is 6.20 Å². The SMILES string of the molecule is [CH]c1ncc([N+](=O)[O-])c2ccccc12. The number of rotatable bonds is 1. The molecule has 2 rings (SSSR count). The smallest absolute Gasteiger partial charge is 0.258 e. The van der Waals surface area contributed by atoms with Gasteiger partial charge in [0, 0.05) is 12.3 Å². The van der Waals surface area contributed by atoms with Crippen LogP contribution in [0.15, 0.2) is 30.5 Å². The zero-order valence-electron chi connectivity index (χ0n) is 7.18. The lowest BCUT2D eigenvalue weighted by Gasteiger charge is -2.00. The number of aromatic nitrogens is 1. The van der Waals surface area contributed by atoms with Gasteiger partial charge < -0.3 is 0 Å². The summed E-state index contributed by atoms with van der Waals surface area (Å²) in [6.45, 7) is 5.59. The Labute approximate surface area is 80.4 Å². The van der Waals surface area contributed by atoms with Crippen molar-refractivity contribution in [2.45, 2.75) is 0 Å². The summed E-state index contributed by atoms with van der Waals surface area (Å²) in [4.78, 5) is 14.0. The molecule has 1 heterocycles. The van der Waals surface area contributed by atoms with E-state index in [9.17, 15) is 10.1 Å². The first kappa shape index (κ1) is 8.62. The summed E-state index contributed by atoms with van der Waals surface area (Å²) in [5.41, 5.74) is 0.293. The number of nitro groups is 1. The van der Waals surface area contributed by atoms with Crippen molar-refractivity contribution >= 4 is 16.5 Å². The van der Waals surface area contributed by atoms with E-state index in [1.54, 1.807) is 24.3 Å². The lowest BCUT2D eigenvalue weighted by molar-refractivity contribution is -0.383. The molecule has 2 radical (unpaired) electrons. The van der Waals surface area contributed by atoms with Crippen LogP contribution in [0.5, 0.6) is 0 Å². The molecule has 0 saturated carbocycles. The van der Waals surface area contributed by atoms with Gasteiger partial charge in [-0.3, -0.25) is 15.1 Å². The minimum absolute atomic E-state index is 0.0187. The van der Waals surface area contributed by atoms with Crippen molar-refractivity contribution in [3.63, 3.8) is 0 Å². The summed E-state index contributed by atoms with van der Waals surface area (Å²) < 4.78 is 0. The van der Waals surface area contributed by atoms with Crippen LogP contribution in [0.1, 0.15) is 5.69 Å². The van der Waals surface area contributed by atoms with E-state index in [0.717, 1.165) is 0 Å². The molecular formula is C10H6N2O2. The Morgan fingerprint density at radius 3 is 2.57 bits per heavy atom. The summed E-state index contributed by atoms with van der Waals surface area (Å²) in [6, 6.07) is 6.87. The van der Waals surface area contributed by atoms with Gasteiger partial charge >= 0.3 is 0 Å². The summed E-state index contributed by atoms with van der Waals surface area (Å²) in [5.74, 6) is 0. The van der Waals surface area contributed by atoms with Crippen LogP contribution in [0.4, 0.5) is 5.69 Å². The molecule has 0 amide bonds. The first-order valence-corrected chi connectivity index (χ1v) is 3.98. The molecular weight excluding hydrogens is 180 g/mol. The van der Waals surface area contributed by atoms with E-state index in [1.165, 1.54) is 6.20 Å². The van der Waals surface area contributed by atoms with Crippen molar-refractivity contribution in [1.29, 1.82) is 0 Å². The second-order valence-electron chi connectivity index (χ2n) is 2.83. The molecule has 0 N–H and O–H groups in total. The number of hydrogen-bond donors (Lipinski definition) is 0. The fourth-order valence-electron chi connectivity index (χ4n) is 1.35. The summed E-state index contributed by atoms with van der Waals surface area (Å²) in [5, 5.41) is 11.8. The molecule has 0 saturated heterocycles. The number of fused-ring (bicyclic) bond motifs is 1. The molecule has 14 heavy (non-hydrogen) atoms. The zero-order valence-corrected chi connectivity index (χ0v) is 7.18. The van der Waals surface area contributed by atoms with Gasteiger partial charge in [0.05, 0.1) is 16.0 Å². The lowest BCUT2D eigenvalue weighted by atomic mass is 10.1. The van der Waals surface area contributed by atoms with Crippen molar-refractivity contribution in [2.75, 3.05) is 0 Å². The Morgan fingerprint density at radius 1 is 1.29 bits per heavy atom. The van der Waals surface area contributed by atoms with E-state index in [2.05, 4.69) is 4.98 Å². The topological polar surface area (TPSA) is 56.0 Å². The Balaban J connectivity index is 2.88. The second kappa shape index (κ2) is 3.06. The van der Waals surface area contributed by atoms with Crippen LogP contribution in [0.3, 0.4) is 0 Å². The van der Waals surface area contributed by atoms with Gasteiger partial charge in [0.15, 0.2) is 0 Å². The number of benzene rings is 1. The lowest BCUT2D eigenvalue weighted by Crippen LogP contribution is -1.92. The molecule has 68 valence electrons. The molecule has 4 heteroatoms. The van der Waals surface area contributed by atoms with Gasteiger partial charge in [-0.25, -0.2) is 0 Å². The van der Waals surface area contributed by atoms with Crippen LogP contribution in [0.25, 0.3) is 10.8 Å². The van der Waals surface area contributed by atoms with Crippen molar-refractivity contribution in [2.24, 2.45) is 0 Å². The number of nitrogens with zero attached hydrogens (tertiary/aromatic N) is 2. The minimum Gasteiger partial charge on any atom is -0.258 e. The van der Waals surface area contributed by atoms with E-state index in [4.69, 9.17) is 6.92 Å². The van der Waals surface area contributed by atoms with Crippen LogP contribution in [-0.4, -0.2) is 9.91 Å². The second-order valence-corrected chi connectivity index (χ2v) is 2.83. The Bertz CT molecular complexity index is 508. The third-order valence-corrected chi connectivity index (χ3v) is 2.00. The Kier molecular flexibility index (Phi) is 1.89. The highest BCUT2D eigenvalue weighted by Gasteiger charge is 2.12. The molecule has 4 nitrogen and oxygen atoms in total. The third-order valence-electron chi connectivity index (χ3n) is 2.00. The predicted octanol–water partition coefficient (Wildman–Crippen LogP) is 2.20. The highest BCUT2D eigenvalue weighted by Crippen LogP contribution is 2.25. The molecule has 0 fully saturated rings. The van der Waals surface area contributed by atoms with E-state index >= 15 is 0 Å². The van der Waals surface area contributed by atoms with Crippen molar-refractivity contribution < 1.29 is 4.92 Å². The molecule has 0 spiro atoms.